The molecule has 200 valence electrons. The van der Waals surface area contributed by atoms with Gasteiger partial charge in [-0.05, 0) is 83.8 Å². The molecule has 2 aliphatic rings. The normalized spacial score (nSPS) is 17.8. The monoisotopic (exact) mass is 548 g/mol. The van der Waals surface area contributed by atoms with E-state index in [1.54, 1.807) is 19.2 Å². The predicted octanol–water partition coefficient (Wildman–Crippen LogP) is 9.14. The minimum atomic E-state index is -0.414. The molecule has 6 rings (SSSR count). The molecule has 0 amide bonds. The SMILES string of the molecule is COc1cccc(C2CC(c3ccc(Cl)cc3)C=C2C(=O)c2cccc(F)c2)c1CCC1=Cc2ccccc2C1. The number of methoxy groups -OCH3 is 1. The molecule has 0 aliphatic heterocycles. The van der Waals surface area contributed by atoms with Gasteiger partial charge in [0.2, 0.25) is 0 Å². The van der Waals surface area contributed by atoms with Crippen molar-refractivity contribution in [1.82, 2.24) is 0 Å². The van der Waals surface area contributed by atoms with Crippen LogP contribution in [0.3, 0.4) is 0 Å². The molecule has 2 aliphatic carbocycles. The van der Waals surface area contributed by atoms with Gasteiger partial charge >= 0.3 is 0 Å². The van der Waals surface area contributed by atoms with Crippen molar-refractivity contribution in [3.05, 3.63) is 152 Å². The molecule has 0 bridgehead atoms. The number of fused-ring (bicyclic) bond motifs is 1. The topological polar surface area (TPSA) is 26.3 Å². The highest BCUT2D eigenvalue weighted by Gasteiger charge is 2.35. The van der Waals surface area contributed by atoms with Crippen LogP contribution in [0, 0.1) is 5.82 Å². The van der Waals surface area contributed by atoms with E-state index in [1.165, 1.54) is 28.8 Å². The van der Waals surface area contributed by atoms with Gasteiger partial charge in [-0.1, -0.05) is 90.0 Å². The molecule has 4 aromatic rings. The zero-order valence-corrected chi connectivity index (χ0v) is 23.1. The highest BCUT2D eigenvalue weighted by molar-refractivity contribution is 6.30. The lowest BCUT2D eigenvalue weighted by molar-refractivity contribution is 0.102. The van der Waals surface area contributed by atoms with Crippen LogP contribution in [0.1, 0.15) is 62.9 Å². The quantitative estimate of drug-likeness (QED) is 0.205. The number of carbonyl (C=O) groups is 1. The molecule has 0 saturated heterocycles. The number of allylic oxidation sites excluding steroid dienone is 3. The van der Waals surface area contributed by atoms with Crippen molar-refractivity contribution in [2.75, 3.05) is 7.11 Å². The van der Waals surface area contributed by atoms with Gasteiger partial charge in [-0.2, -0.15) is 0 Å². The Bertz CT molecular complexity index is 1630. The third-order valence-electron chi connectivity index (χ3n) is 8.19. The Morgan fingerprint density at radius 3 is 2.52 bits per heavy atom. The second kappa shape index (κ2) is 11.3. The zero-order chi connectivity index (χ0) is 27.6. The molecule has 0 radical (unpaired) electrons. The highest BCUT2D eigenvalue weighted by Crippen LogP contribution is 2.47. The van der Waals surface area contributed by atoms with E-state index in [0.717, 1.165) is 48.1 Å². The first-order valence-electron chi connectivity index (χ1n) is 13.7. The number of ketones is 1. The van der Waals surface area contributed by atoms with Gasteiger partial charge in [-0.25, -0.2) is 4.39 Å². The Morgan fingerprint density at radius 2 is 1.75 bits per heavy atom. The van der Waals surface area contributed by atoms with E-state index >= 15 is 0 Å². The molecule has 0 fully saturated rings. The summed E-state index contributed by atoms with van der Waals surface area (Å²) in [4.78, 5) is 13.9. The van der Waals surface area contributed by atoms with E-state index < -0.39 is 5.82 Å². The Labute approximate surface area is 239 Å². The third-order valence-corrected chi connectivity index (χ3v) is 8.44. The molecule has 40 heavy (non-hydrogen) atoms. The van der Waals surface area contributed by atoms with Gasteiger partial charge in [0, 0.05) is 28.0 Å². The van der Waals surface area contributed by atoms with Crippen LogP contribution in [0.4, 0.5) is 4.39 Å². The summed E-state index contributed by atoms with van der Waals surface area (Å²) in [5.41, 5.74) is 8.46. The van der Waals surface area contributed by atoms with E-state index in [1.807, 2.05) is 36.4 Å². The molecular weight excluding hydrogens is 519 g/mol. The minimum absolute atomic E-state index is 0.0425. The number of ether oxygens (including phenoxy) is 1. The summed E-state index contributed by atoms with van der Waals surface area (Å²) in [5, 5.41) is 0.678. The Morgan fingerprint density at radius 1 is 0.950 bits per heavy atom. The largest absolute Gasteiger partial charge is 0.496 e. The van der Waals surface area contributed by atoms with Gasteiger partial charge in [0.15, 0.2) is 5.78 Å². The molecule has 2 unspecified atom stereocenters. The van der Waals surface area contributed by atoms with Gasteiger partial charge in [0.25, 0.3) is 0 Å². The molecular formula is C36H30ClFO2. The van der Waals surface area contributed by atoms with Gasteiger partial charge in [-0.3, -0.25) is 4.79 Å². The lowest BCUT2D eigenvalue weighted by Crippen LogP contribution is -2.12. The first kappa shape index (κ1) is 26.3. The van der Waals surface area contributed by atoms with E-state index in [2.05, 4.69) is 42.5 Å². The van der Waals surface area contributed by atoms with Crippen LogP contribution >= 0.6 is 11.6 Å². The summed E-state index contributed by atoms with van der Waals surface area (Å²) in [5.74, 6) is 0.185. The van der Waals surface area contributed by atoms with Gasteiger partial charge in [-0.15, -0.1) is 0 Å². The van der Waals surface area contributed by atoms with Crippen LogP contribution in [0.25, 0.3) is 6.08 Å². The molecule has 0 saturated carbocycles. The summed E-state index contributed by atoms with van der Waals surface area (Å²) >= 11 is 6.17. The molecule has 4 aromatic carbocycles. The predicted molar refractivity (Wildman–Crippen MR) is 160 cm³/mol. The Kier molecular flexibility index (Phi) is 7.40. The summed E-state index contributed by atoms with van der Waals surface area (Å²) in [6, 6.07) is 28.4. The molecule has 4 heteroatoms. The number of hydrogen-bond acceptors (Lipinski definition) is 2. The van der Waals surface area contributed by atoms with Crippen molar-refractivity contribution in [2.24, 2.45) is 0 Å². The Balaban J connectivity index is 1.36. The molecule has 2 nitrogen and oxygen atoms in total. The number of halogens is 2. The average molecular weight is 549 g/mol. The number of hydrogen-bond donors (Lipinski definition) is 0. The first-order valence-corrected chi connectivity index (χ1v) is 14.1. The zero-order valence-electron chi connectivity index (χ0n) is 22.4. The smallest absolute Gasteiger partial charge is 0.189 e. The fraction of sp³-hybridized carbons (Fsp3) is 0.194. The van der Waals surface area contributed by atoms with Crippen molar-refractivity contribution in [3.8, 4) is 5.75 Å². The van der Waals surface area contributed by atoms with E-state index in [4.69, 9.17) is 16.3 Å². The van der Waals surface area contributed by atoms with Gasteiger partial charge in [0.05, 0.1) is 7.11 Å². The maximum absolute atomic E-state index is 14.1. The Hall–Kier alpha value is -3.95. The van der Waals surface area contributed by atoms with E-state index in [0.29, 0.717) is 16.2 Å². The number of benzene rings is 4. The second-order valence-corrected chi connectivity index (χ2v) is 11.1. The standard InChI is InChI=1S/C36H30ClFO2/c1-40-35-11-5-10-31(32(35)17-12-23-18-25-6-2-3-7-26(25)19-23)33-21-28(24-13-15-29(37)16-14-24)22-34(33)36(39)27-8-4-9-30(38)20-27/h2-11,13-16,18,20,22,28,33H,12,17,19,21H2,1H3. The fourth-order valence-electron chi connectivity index (χ4n) is 6.21. The van der Waals surface area contributed by atoms with Gasteiger partial charge < -0.3 is 4.74 Å². The summed E-state index contributed by atoms with van der Waals surface area (Å²) in [6.45, 7) is 0. The number of carbonyl (C=O) groups excluding carboxylic acids is 1. The van der Waals surface area contributed by atoms with Crippen molar-refractivity contribution < 1.29 is 13.9 Å². The maximum atomic E-state index is 14.1. The van der Waals surface area contributed by atoms with Crippen LogP contribution in [0.2, 0.25) is 5.02 Å². The lowest BCUT2D eigenvalue weighted by atomic mass is 9.83. The summed E-state index contributed by atoms with van der Waals surface area (Å²) < 4.78 is 20.0. The molecule has 0 spiro atoms. The third kappa shape index (κ3) is 5.26. The molecule has 0 N–H and O–H groups in total. The summed E-state index contributed by atoms with van der Waals surface area (Å²) in [6.07, 6.45) is 7.79. The van der Waals surface area contributed by atoms with E-state index in [-0.39, 0.29) is 17.6 Å². The van der Waals surface area contributed by atoms with Crippen LogP contribution in [-0.4, -0.2) is 12.9 Å². The van der Waals surface area contributed by atoms with Crippen molar-refractivity contribution in [3.63, 3.8) is 0 Å². The highest BCUT2D eigenvalue weighted by atomic mass is 35.5. The number of Topliss-reactive ketones (excluding diaryl/α,β-unsaturated/α-hetero) is 1. The second-order valence-electron chi connectivity index (χ2n) is 10.6. The van der Waals surface area contributed by atoms with Gasteiger partial charge in [0.1, 0.15) is 11.6 Å². The number of rotatable bonds is 8. The molecule has 0 aromatic heterocycles. The van der Waals surface area contributed by atoms with Crippen molar-refractivity contribution in [2.45, 2.75) is 37.5 Å². The maximum Gasteiger partial charge on any atom is 0.189 e. The van der Waals surface area contributed by atoms with Crippen LogP contribution in [-0.2, 0) is 12.8 Å². The van der Waals surface area contributed by atoms with Crippen molar-refractivity contribution in [1.29, 1.82) is 0 Å². The average Bonchev–Trinajstić information content (AvgIpc) is 3.60. The van der Waals surface area contributed by atoms with Crippen LogP contribution in [0.5, 0.6) is 5.75 Å². The van der Waals surface area contributed by atoms with E-state index in [9.17, 15) is 9.18 Å². The fourth-order valence-corrected chi connectivity index (χ4v) is 6.34. The van der Waals surface area contributed by atoms with Crippen molar-refractivity contribution >= 4 is 23.5 Å². The van der Waals surface area contributed by atoms with Crippen LogP contribution < -0.4 is 4.74 Å². The molecule has 0 heterocycles. The first-order chi connectivity index (χ1) is 19.5. The summed E-state index contributed by atoms with van der Waals surface area (Å²) in [7, 11) is 1.70. The minimum Gasteiger partial charge on any atom is -0.496 e. The molecule has 2 atom stereocenters. The lowest BCUT2D eigenvalue weighted by Gasteiger charge is -2.22. The van der Waals surface area contributed by atoms with Crippen LogP contribution in [0.15, 0.2) is 108 Å².